The van der Waals surface area contributed by atoms with Crippen LogP contribution in [-0.4, -0.2) is 5.38 Å². The summed E-state index contributed by atoms with van der Waals surface area (Å²) in [7, 11) is 0. The standard InChI is InChI=1S/C12H16ClF/c1-8(2)12(13)9(3)10-6-4-5-7-11(10)14/h4-9,12H,1-3H3. The van der Waals surface area contributed by atoms with Gasteiger partial charge >= 0.3 is 0 Å². The van der Waals surface area contributed by atoms with Gasteiger partial charge in [0.15, 0.2) is 0 Å². The summed E-state index contributed by atoms with van der Waals surface area (Å²) < 4.78 is 13.4. The van der Waals surface area contributed by atoms with Crippen molar-refractivity contribution in [3.05, 3.63) is 35.6 Å². The van der Waals surface area contributed by atoms with Crippen molar-refractivity contribution in [2.24, 2.45) is 5.92 Å². The van der Waals surface area contributed by atoms with Crippen LogP contribution in [0.4, 0.5) is 4.39 Å². The van der Waals surface area contributed by atoms with Gasteiger partial charge in [-0.25, -0.2) is 4.39 Å². The van der Waals surface area contributed by atoms with Crippen molar-refractivity contribution in [2.75, 3.05) is 0 Å². The summed E-state index contributed by atoms with van der Waals surface area (Å²) in [5, 5.41) is -0.0214. The quantitative estimate of drug-likeness (QED) is 0.662. The van der Waals surface area contributed by atoms with Gasteiger partial charge in [-0.3, -0.25) is 0 Å². The lowest BCUT2D eigenvalue weighted by molar-refractivity contribution is 0.509. The first-order valence-corrected chi connectivity index (χ1v) is 5.36. The second-order valence-electron chi connectivity index (χ2n) is 4.00. The summed E-state index contributed by atoms with van der Waals surface area (Å²) in [4.78, 5) is 0. The molecular formula is C12H16ClF. The SMILES string of the molecule is CC(C)C(Cl)C(C)c1ccccc1F. The third-order valence-corrected chi connectivity index (χ3v) is 3.39. The summed E-state index contributed by atoms with van der Waals surface area (Å²) in [5.74, 6) is 0.246. The van der Waals surface area contributed by atoms with Gasteiger partial charge in [0.1, 0.15) is 5.82 Å². The van der Waals surface area contributed by atoms with Gasteiger partial charge < -0.3 is 0 Å². The number of alkyl halides is 1. The number of hydrogen-bond donors (Lipinski definition) is 0. The topological polar surface area (TPSA) is 0 Å². The predicted molar refractivity (Wildman–Crippen MR) is 59.3 cm³/mol. The monoisotopic (exact) mass is 214 g/mol. The van der Waals surface area contributed by atoms with Crippen molar-refractivity contribution in [1.29, 1.82) is 0 Å². The number of benzene rings is 1. The molecule has 14 heavy (non-hydrogen) atoms. The molecule has 1 aromatic rings. The molecule has 78 valence electrons. The molecule has 0 aliphatic heterocycles. The molecule has 0 aliphatic carbocycles. The maximum atomic E-state index is 13.4. The van der Waals surface area contributed by atoms with Crippen LogP contribution < -0.4 is 0 Å². The highest BCUT2D eigenvalue weighted by Crippen LogP contribution is 2.29. The summed E-state index contributed by atoms with van der Waals surface area (Å²) in [5.41, 5.74) is 0.709. The molecule has 0 saturated carbocycles. The lowest BCUT2D eigenvalue weighted by atomic mass is 9.91. The van der Waals surface area contributed by atoms with E-state index in [9.17, 15) is 4.39 Å². The van der Waals surface area contributed by atoms with Crippen molar-refractivity contribution in [1.82, 2.24) is 0 Å². The Morgan fingerprint density at radius 3 is 2.21 bits per heavy atom. The van der Waals surface area contributed by atoms with E-state index in [0.717, 1.165) is 0 Å². The molecule has 0 amide bonds. The summed E-state index contributed by atoms with van der Waals surface area (Å²) in [6.45, 7) is 6.07. The van der Waals surface area contributed by atoms with Crippen molar-refractivity contribution < 1.29 is 4.39 Å². The Hall–Kier alpha value is -0.560. The van der Waals surface area contributed by atoms with E-state index in [1.54, 1.807) is 12.1 Å². The molecule has 0 aromatic heterocycles. The molecule has 0 N–H and O–H groups in total. The van der Waals surface area contributed by atoms with E-state index in [-0.39, 0.29) is 17.1 Å². The van der Waals surface area contributed by atoms with E-state index in [1.807, 2.05) is 13.0 Å². The van der Waals surface area contributed by atoms with Crippen LogP contribution in [0.3, 0.4) is 0 Å². The Morgan fingerprint density at radius 2 is 1.71 bits per heavy atom. The van der Waals surface area contributed by atoms with Crippen LogP contribution in [-0.2, 0) is 0 Å². The van der Waals surface area contributed by atoms with Crippen LogP contribution >= 0.6 is 11.6 Å². The lowest BCUT2D eigenvalue weighted by Crippen LogP contribution is -2.17. The van der Waals surface area contributed by atoms with E-state index in [0.29, 0.717) is 11.5 Å². The Bertz CT molecular complexity index is 296. The molecule has 1 rings (SSSR count). The highest BCUT2D eigenvalue weighted by molar-refractivity contribution is 6.21. The summed E-state index contributed by atoms with van der Waals surface area (Å²) in [6, 6.07) is 6.83. The molecular weight excluding hydrogens is 199 g/mol. The number of hydrogen-bond acceptors (Lipinski definition) is 0. The largest absolute Gasteiger partial charge is 0.207 e. The normalized spacial score (nSPS) is 15.6. The molecule has 0 aliphatic rings. The van der Waals surface area contributed by atoms with E-state index < -0.39 is 0 Å². The molecule has 0 heterocycles. The van der Waals surface area contributed by atoms with E-state index in [2.05, 4.69) is 13.8 Å². The van der Waals surface area contributed by atoms with Gasteiger partial charge in [0.05, 0.1) is 0 Å². The highest BCUT2D eigenvalue weighted by atomic mass is 35.5. The van der Waals surface area contributed by atoms with Gasteiger partial charge in [-0.1, -0.05) is 39.0 Å². The van der Waals surface area contributed by atoms with E-state index in [1.165, 1.54) is 6.07 Å². The fraction of sp³-hybridized carbons (Fsp3) is 0.500. The van der Waals surface area contributed by atoms with Crippen LogP contribution in [0, 0.1) is 11.7 Å². The molecule has 0 fully saturated rings. The zero-order chi connectivity index (χ0) is 10.7. The average molecular weight is 215 g/mol. The molecule has 2 unspecified atom stereocenters. The van der Waals surface area contributed by atoms with Gasteiger partial charge in [0, 0.05) is 11.3 Å². The average Bonchev–Trinajstić information content (AvgIpc) is 2.16. The smallest absolute Gasteiger partial charge is 0.126 e. The Kier molecular flexibility index (Phi) is 3.94. The van der Waals surface area contributed by atoms with Crippen LogP contribution in [0.2, 0.25) is 0 Å². The van der Waals surface area contributed by atoms with Crippen LogP contribution in [0.15, 0.2) is 24.3 Å². The maximum absolute atomic E-state index is 13.4. The van der Waals surface area contributed by atoms with Crippen molar-refractivity contribution >= 4 is 11.6 Å². The van der Waals surface area contributed by atoms with Crippen LogP contribution in [0.1, 0.15) is 32.3 Å². The fourth-order valence-corrected chi connectivity index (χ4v) is 1.73. The first-order chi connectivity index (χ1) is 6.54. The molecule has 1 aromatic carbocycles. The third kappa shape index (κ3) is 2.48. The van der Waals surface area contributed by atoms with Gasteiger partial charge in [0.2, 0.25) is 0 Å². The minimum absolute atomic E-state index is 0.0214. The molecule has 0 spiro atoms. The first-order valence-electron chi connectivity index (χ1n) is 4.92. The third-order valence-electron chi connectivity index (χ3n) is 2.51. The molecule has 2 heteroatoms. The highest BCUT2D eigenvalue weighted by Gasteiger charge is 2.21. The van der Waals surface area contributed by atoms with E-state index >= 15 is 0 Å². The van der Waals surface area contributed by atoms with Gasteiger partial charge in [-0.2, -0.15) is 0 Å². The predicted octanol–water partition coefficient (Wildman–Crippen LogP) is 4.19. The lowest BCUT2D eigenvalue weighted by Gasteiger charge is -2.21. The zero-order valence-electron chi connectivity index (χ0n) is 8.80. The minimum atomic E-state index is -0.161. The van der Waals surface area contributed by atoms with Crippen LogP contribution in [0.25, 0.3) is 0 Å². The number of halogens is 2. The Labute approximate surface area is 90.1 Å². The van der Waals surface area contributed by atoms with Crippen molar-refractivity contribution in [3.63, 3.8) is 0 Å². The van der Waals surface area contributed by atoms with Gasteiger partial charge in [-0.15, -0.1) is 11.6 Å². The van der Waals surface area contributed by atoms with Crippen molar-refractivity contribution in [2.45, 2.75) is 32.1 Å². The maximum Gasteiger partial charge on any atom is 0.126 e. The van der Waals surface area contributed by atoms with Gasteiger partial charge in [-0.05, 0) is 17.5 Å². The summed E-state index contributed by atoms with van der Waals surface area (Å²) in [6.07, 6.45) is 0. The molecule has 0 bridgehead atoms. The van der Waals surface area contributed by atoms with Crippen molar-refractivity contribution in [3.8, 4) is 0 Å². The molecule has 2 atom stereocenters. The van der Waals surface area contributed by atoms with Crippen LogP contribution in [0.5, 0.6) is 0 Å². The van der Waals surface area contributed by atoms with E-state index in [4.69, 9.17) is 11.6 Å². The first kappa shape index (κ1) is 11.5. The Balaban J connectivity index is 2.89. The zero-order valence-corrected chi connectivity index (χ0v) is 9.55. The second-order valence-corrected chi connectivity index (χ2v) is 4.50. The molecule has 0 radical (unpaired) electrons. The van der Waals surface area contributed by atoms with Gasteiger partial charge in [0.25, 0.3) is 0 Å². The second kappa shape index (κ2) is 4.79. The minimum Gasteiger partial charge on any atom is -0.207 e. The molecule has 0 saturated heterocycles. The fourth-order valence-electron chi connectivity index (χ4n) is 1.59. The summed E-state index contributed by atoms with van der Waals surface area (Å²) >= 11 is 6.21. The Morgan fingerprint density at radius 1 is 1.14 bits per heavy atom. The molecule has 0 nitrogen and oxygen atoms in total. The number of rotatable bonds is 3.